The number of alkyl halides is 2. The zero-order valence-corrected chi connectivity index (χ0v) is 14.8. The molecular weight excluding hydrogens is 338 g/mol. The van der Waals surface area contributed by atoms with E-state index in [1.807, 2.05) is 0 Å². The normalized spacial score (nSPS) is 31.9. The number of nitrogens with one attached hydrogen (secondary N) is 2. The first-order chi connectivity index (χ1) is 12.6. The minimum Gasteiger partial charge on any atom is -0.435 e. The van der Waals surface area contributed by atoms with Gasteiger partial charge in [0.05, 0.1) is 0 Å². The number of halogens is 2. The molecule has 0 heterocycles. The van der Waals surface area contributed by atoms with E-state index in [2.05, 4.69) is 15.4 Å². The molecule has 5 atom stereocenters. The fourth-order valence-electron chi connectivity index (χ4n) is 5.57. The van der Waals surface area contributed by atoms with Gasteiger partial charge in [0.25, 0.3) is 0 Å². The number of carbonyl (C=O) groups is 1. The van der Waals surface area contributed by atoms with Crippen LogP contribution in [0.3, 0.4) is 0 Å². The highest BCUT2D eigenvalue weighted by atomic mass is 19.3. The Morgan fingerprint density at radius 3 is 2.69 bits per heavy atom. The minimum atomic E-state index is -2.84. The Morgan fingerprint density at radius 1 is 1.12 bits per heavy atom. The van der Waals surface area contributed by atoms with Gasteiger partial charge in [-0.05, 0) is 73.8 Å². The van der Waals surface area contributed by atoms with Crippen molar-refractivity contribution in [2.75, 3.05) is 6.54 Å². The minimum absolute atomic E-state index is 0.146. The number of carbonyl (C=O) groups excluding carboxylic acids is 1. The van der Waals surface area contributed by atoms with E-state index in [0.717, 1.165) is 24.2 Å². The molecule has 0 radical (unpaired) electrons. The first kappa shape index (κ1) is 17.6. The predicted molar refractivity (Wildman–Crippen MR) is 94.1 cm³/mol. The van der Waals surface area contributed by atoms with Gasteiger partial charge in [0.15, 0.2) is 0 Å². The predicted octanol–water partition coefficient (Wildman–Crippen LogP) is 3.95. The topological polar surface area (TPSA) is 50.4 Å². The van der Waals surface area contributed by atoms with Gasteiger partial charge in [0.1, 0.15) is 5.75 Å². The largest absolute Gasteiger partial charge is 0.435 e. The summed E-state index contributed by atoms with van der Waals surface area (Å²) >= 11 is 0. The molecule has 0 aliphatic heterocycles. The van der Waals surface area contributed by atoms with Crippen LogP contribution in [0.15, 0.2) is 24.3 Å². The molecule has 26 heavy (non-hydrogen) atoms. The summed E-state index contributed by atoms with van der Waals surface area (Å²) in [5.41, 5.74) is 0.669. The molecule has 3 fully saturated rings. The Labute approximate surface area is 152 Å². The van der Waals surface area contributed by atoms with E-state index >= 15 is 0 Å². The van der Waals surface area contributed by atoms with Gasteiger partial charge in [-0.1, -0.05) is 18.2 Å². The highest BCUT2D eigenvalue weighted by Gasteiger charge is 2.49. The summed E-state index contributed by atoms with van der Waals surface area (Å²) in [5, 5.41) is 6.05. The Hall–Kier alpha value is -1.85. The standard InChI is InChI=1S/C20H26F2N2O2/c21-19(22)26-18-4-2-1-3-14(18)5-6-23-20(25)24-17-11-13-7-12-8-15(9-13)16(17)10-12/h1-4,12-13,15-17,19H,5-11H2,(H2,23,24,25). The molecule has 0 spiro atoms. The molecule has 4 rings (SSSR count). The zero-order valence-electron chi connectivity index (χ0n) is 14.8. The van der Waals surface area contributed by atoms with Crippen molar-refractivity contribution in [3.05, 3.63) is 29.8 Å². The Balaban J connectivity index is 1.26. The van der Waals surface area contributed by atoms with E-state index in [1.165, 1.54) is 31.7 Å². The summed E-state index contributed by atoms with van der Waals surface area (Å²) in [4.78, 5) is 12.3. The number of rotatable bonds is 6. The smallest absolute Gasteiger partial charge is 0.387 e. The van der Waals surface area contributed by atoms with E-state index in [-0.39, 0.29) is 11.8 Å². The van der Waals surface area contributed by atoms with Crippen LogP contribution in [0, 0.1) is 23.7 Å². The fraction of sp³-hybridized carbons (Fsp3) is 0.650. The van der Waals surface area contributed by atoms with Crippen molar-refractivity contribution in [2.45, 2.75) is 51.2 Å². The second kappa shape index (κ2) is 7.41. The van der Waals surface area contributed by atoms with Crippen molar-refractivity contribution in [2.24, 2.45) is 23.7 Å². The first-order valence-electron chi connectivity index (χ1n) is 9.65. The van der Waals surface area contributed by atoms with E-state index in [9.17, 15) is 13.6 Å². The third-order valence-corrected chi connectivity index (χ3v) is 6.44. The molecule has 142 valence electrons. The van der Waals surface area contributed by atoms with Gasteiger partial charge < -0.3 is 15.4 Å². The third-order valence-electron chi connectivity index (χ3n) is 6.44. The molecule has 0 saturated heterocycles. The van der Waals surface area contributed by atoms with Crippen LogP contribution in [0.2, 0.25) is 0 Å². The summed E-state index contributed by atoms with van der Waals surface area (Å²) in [6.07, 6.45) is 6.87. The number of hydrogen-bond acceptors (Lipinski definition) is 2. The summed E-state index contributed by atoms with van der Waals surface area (Å²) in [6, 6.07) is 6.85. The van der Waals surface area contributed by atoms with Crippen LogP contribution in [-0.4, -0.2) is 25.2 Å². The molecule has 2 amide bonds. The van der Waals surface area contributed by atoms with Crippen LogP contribution in [-0.2, 0) is 6.42 Å². The molecule has 3 saturated carbocycles. The van der Waals surface area contributed by atoms with Crippen LogP contribution < -0.4 is 15.4 Å². The Bertz CT molecular complexity index is 652. The van der Waals surface area contributed by atoms with E-state index in [1.54, 1.807) is 18.2 Å². The Kier molecular flexibility index (Phi) is 5.00. The first-order valence-corrected chi connectivity index (χ1v) is 9.65. The van der Waals surface area contributed by atoms with E-state index in [0.29, 0.717) is 30.5 Å². The molecule has 6 heteroatoms. The second-order valence-corrected chi connectivity index (χ2v) is 8.08. The molecular formula is C20H26F2N2O2. The summed E-state index contributed by atoms with van der Waals surface area (Å²) in [6.45, 7) is -2.45. The number of benzene rings is 1. The van der Waals surface area contributed by atoms with Crippen LogP contribution in [0.4, 0.5) is 13.6 Å². The molecule has 2 N–H and O–H groups in total. The van der Waals surface area contributed by atoms with Gasteiger partial charge in [0, 0.05) is 12.6 Å². The highest BCUT2D eigenvalue weighted by Crippen LogP contribution is 2.55. The van der Waals surface area contributed by atoms with Crippen molar-refractivity contribution in [3.63, 3.8) is 0 Å². The maximum Gasteiger partial charge on any atom is 0.387 e. The molecule has 1 aromatic rings. The lowest BCUT2D eigenvalue weighted by molar-refractivity contribution is -0.0504. The van der Waals surface area contributed by atoms with Crippen LogP contribution in [0.1, 0.15) is 37.7 Å². The molecule has 3 bridgehead atoms. The fourth-order valence-corrected chi connectivity index (χ4v) is 5.57. The highest BCUT2D eigenvalue weighted by molar-refractivity contribution is 5.74. The van der Waals surface area contributed by atoms with Gasteiger partial charge >= 0.3 is 12.6 Å². The zero-order chi connectivity index (χ0) is 18.1. The molecule has 5 unspecified atom stereocenters. The number of para-hydroxylation sites is 1. The van der Waals surface area contributed by atoms with Gasteiger partial charge in [-0.3, -0.25) is 0 Å². The lowest BCUT2D eigenvalue weighted by Gasteiger charge is -2.39. The monoisotopic (exact) mass is 364 g/mol. The number of amides is 2. The average molecular weight is 364 g/mol. The number of urea groups is 1. The van der Waals surface area contributed by atoms with Crippen molar-refractivity contribution in [3.8, 4) is 5.75 Å². The molecule has 3 aliphatic carbocycles. The van der Waals surface area contributed by atoms with Crippen LogP contribution >= 0.6 is 0 Å². The summed E-state index contributed by atoms with van der Waals surface area (Å²) in [5.74, 6) is 3.28. The molecule has 3 aliphatic rings. The maximum absolute atomic E-state index is 12.5. The van der Waals surface area contributed by atoms with Crippen LogP contribution in [0.25, 0.3) is 0 Å². The van der Waals surface area contributed by atoms with Gasteiger partial charge in [-0.2, -0.15) is 8.78 Å². The van der Waals surface area contributed by atoms with Gasteiger partial charge in [-0.25, -0.2) is 4.79 Å². The SMILES string of the molecule is O=C(NCCc1ccccc1OC(F)F)NC1CC2CC3CC(C2)C1C3. The third kappa shape index (κ3) is 3.79. The van der Waals surface area contributed by atoms with E-state index in [4.69, 9.17) is 0 Å². The van der Waals surface area contributed by atoms with E-state index < -0.39 is 6.61 Å². The summed E-state index contributed by atoms with van der Waals surface area (Å²) < 4.78 is 29.4. The molecule has 4 nitrogen and oxygen atoms in total. The quantitative estimate of drug-likeness (QED) is 0.803. The average Bonchev–Trinajstić information content (AvgIpc) is 2.82. The number of fused-ring (bicyclic) bond motifs is 2. The van der Waals surface area contributed by atoms with Crippen molar-refractivity contribution in [1.29, 1.82) is 0 Å². The number of hydrogen-bond donors (Lipinski definition) is 2. The van der Waals surface area contributed by atoms with Crippen molar-refractivity contribution in [1.82, 2.24) is 10.6 Å². The molecule has 0 aromatic heterocycles. The molecule has 1 aromatic carbocycles. The van der Waals surface area contributed by atoms with Gasteiger partial charge in [-0.15, -0.1) is 0 Å². The lowest BCUT2D eigenvalue weighted by Crippen LogP contribution is -2.49. The van der Waals surface area contributed by atoms with Crippen molar-refractivity contribution < 1.29 is 18.3 Å². The second-order valence-electron chi connectivity index (χ2n) is 8.08. The van der Waals surface area contributed by atoms with Crippen LogP contribution in [0.5, 0.6) is 5.75 Å². The van der Waals surface area contributed by atoms with Crippen molar-refractivity contribution >= 4 is 6.03 Å². The maximum atomic E-state index is 12.5. The Morgan fingerprint density at radius 2 is 1.88 bits per heavy atom. The lowest BCUT2D eigenvalue weighted by atomic mass is 9.70. The number of ether oxygens (including phenoxy) is 1. The summed E-state index contributed by atoms with van der Waals surface area (Å²) in [7, 11) is 0. The van der Waals surface area contributed by atoms with Gasteiger partial charge in [0.2, 0.25) is 0 Å².